The Kier molecular flexibility index (Phi) is 2.28. The zero-order valence-corrected chi connectivity index (χ0v) is 7.51. The Morgan fingerprint density at radius 3 is 3.00 bits per heavy atom. The SMILES string of the molecule is N#Cc1ccccc1Cn1c[c]cn1. The van der Waals surface area contributed by atoms with Crippen molar-refractivity contribution < 1.29 is 0 Å². The first-order valence-corrected chi connectivity index (χ1v) is 4.26. The standard InChI is InChI=1S/C11H8N3/c12-8-10-4-1-2-5-11(10)9-14-7-3-6-13-14/h1-2,4-7H,9H2. The van der Waals surface area contributed by atoms with E-state index in [0.29, 0.717) is 12.1 Å². The maximum absolute atomic E-state index is 8.86. The van der Waals surface area contributed by atoms with Crippen LogP contribution in [0.1, 0.15) is 11.1 Å². The van der Waals surface area contributed by atoms with Gasteiger partial charge in [0.1, 0.15) is 0 Å². The summed E-state index contributed by atoms with van der Waals surface area (Å²) < 4.78 is 1.75. The highest BCUT2D eigenvalue weighted by Gasteiger charge is 2.00. The van der Waals surface area contributed by atoms with Crippen LogP contribution in [0.5, 0.6) is 0 Å². The summed E-state index contributed by atoms with van der Waals surface area (Å²) in [6, 6.07) is 12.5. The number of nitriles is 1. The van der Waals surface area contributed by atoms with Gasteiger partial charge in [-0.25, -0.2) is 0 Å². The molecule has 0 atom stereocenters. The first kappa shape index (κ1) is 8.52. The van der Waals surface area contributed by atoms with Crippen LogP contribution in [0.4, 0.5) is 0 Å². The Hall–Kier alpha value is -2.08. The Labute approximate surface area is 82.2 Å². The minimum atomic E-state index is 0.618. The van der Waals surface area contributed by atoms with Gasteiger partial charge in [-0.05, 0) is 11.6 Å². The molecule has 3 nitrogen and oxygen atoms in total. The summed E-state index contributed by atoms with van der Waals surface area (Å²) in [6.07, 6.45) is 3.36. The molecular formula is C11H8N3. The third-order valence-corrected chi connectivity index (χ3v) is 1.97. The fourth-order valence-corrected chi connectivity index (χ4v) is 1.29. The number of hydrogen-bond acceptors (Lipinski definition) is 2. The molecule has 0 spiro atoms. The van der Waals surface area contributed by atoms with Gasteiger partial charge in [-0.2, -0.15) is 10.4 Å². The zero-order chi connectivity index (χ0) is 9.80. The highest BCUT2D eigenvalue weighted by atomic mass is 15.3. The van der Waals surface area contributed by atoms with E-state index < -0.39 is 0 Å². The van der Waals surface area contributed by atoms with Crippen molar-refractivity contribution in [1.29, 1.82) is 5.26 Å². The molecule has 1 heterocycles. The molecule has 0 saturated carbocycles. The Bertz CT molecular complexity index is 452. The molecule has 0 aliphatic heterocycles. The van der Waals surface area contributed by atoms with Gasteiger partial charge >= 0.3 is 0 Å². The summed E-state index contributed by atoms with van der Waals surface area (Å²) >= 11 is 0. The predicted molar refractivity (Wildman–Crippen MR) is 51.3 cm³/mol. The van der Waals surface area contributed by atoms with Gasteiger partial charge in [0.25, 0.3) is 0 Å². The van der Waals surface area contributed by atoms with Gasteiger partial charge in [0.2, 0.25) is 0 Å². The third kappa shape index (κ3) is 1.64. The Balaban J connectivity index is 2.30. The molecule has 14 heavy (non-hydrogen) atoms. The molecule has 0 bridgehead atoms. The van der Waals surface area contributed by atoms with Crippen LogP contribution >= 0.6 is 0 Å². The van der Waals surface area contributed by atoms with Crippen LogP contribution in [0.2, 0.25) is 0 Å². The summed E-state index contributed by atoms with van der Waals surface area (Å²) in [5, 5.41) is 12.9. The molecule has 0 unspecified atom stereocenters. The maximum Gasteiger partial charge on any atom is 0.0995 e. The van der Waals surface area contributed by atoms with E-state index >= 15 is 0 Å². The lowest BCUT2D eigenvalue weighted by atomic mass is 10.1. The second-order valence-electron chi connectivity index (χ2n) is 2.91. The van der Waals surface area contributed by atoms with Crippen LogP contribution in [-0.4, -0.2) is 9.78 Å². The van der Waals surface area contributed by atoms with Crippen molar-refractivity contribution in [3.63, 3.8) is 0 Å². The molecule has 0 saturated heterocycles. The number of benzene rings is 1. The monoisotopic (exact) mass is 182 g/mol. The van der Waals surface area contributed by atoms with Crippen molar-refractivity contribution in [3.05, 3.63) is 53.9 Å². The lowest BCUT2D eigenvalue weighted by molar-refractivity contribution is 0.685. The lowest BCUT2D eigenvalue weighted by Crippen LogP contribution is -2.01. The average Bonchev–Trinajstić information content (AvgIpc) is 2.71. The van der Waals surface area contributed by atoms with Crippen molar-refractivity contribution in [2.45, 2.75) is 6.54 Å². The first-order chi connectivity index (χ1) is 6.90. The molecule has 0 aliphatic carbocycles. The third-order valence-electron chi connectivity index (χ3n) is 1.97. The fourth-order valence-electron chi connectivity index (χ4n) is 1.29. The molecule has 0 aliphatic rings. The molecule has 1 aromatic heterocycles. The van der Waals surface area contributed by atoms with Crippen molar-refractivity contribution in [3.8, 4) is 6.07 Å². The molecule has 3 heteroatoms. The average molecular weight is 182 g/mol. The van der Waals surface area contributed by atoms with Gasteiger partial charge in [-0.3, -0.25) is 4.68 Å². The lowest BCUT2D eigenvalue weighted by Gasteiger charge is -2.03. The van der Waals surface area contributed by atoms with Crippen LogP contribution in [-0.2, 0) is 6.54 Å². The summed E-state index contributed by atoms with van der Waals surface area (Å²) in [4.78, 5) is 0. The molecule has 1 radical (unpaired) electrons. The minimum absolute atomic E-state index is 0.618. The number of rotatable bonds is 2. The van der Waals surface area contributed by atoms with Gasteiger partial charge in [-0.15, -0.1) is 0 Å². The zero-order valence-electron chi connectivity index (χ0n) is 7.51. The highest BCUT2D eigenvalue weighted by Crippen LogP contribution is 2.08. The van der Waals surface area contributed by atoms with E-state index in [0.717, 1.165) is 5.56 Å². The van der Waals surface area contributed by atoms with E-state index in [2.05, 4.69) is 17.2 Å². The predicted octanol–water partition coefficient (Wildman–Crippen LogP) is 1.60. The molecule has 0 fully saturated rings. The second kappa shape index (κ2) is 3.75. The summed E-state index contributed by atoms with van der Waals surface area (Å²) in [5.74, 6) is 0. The number of hydrogen-bond donors (Lipinski definition) is 0. The van der Waals surface area contributed by atoms with Gasteiger partial charge in [0.15, 0.2) is 0 Å². The van der Waals surface area contributed by atoms with E-state index in [9.17, 15) is 0 Å². The fraction of sp³-hybridized carbons (Fsp3) is 0.0909. The highest BCUT2D eigenvalue weighted by molar-refractivity contribution is 5.37. The Morgan fingerprint density at radius 2 is 2.29 bits per heavy atom. The topological polar surface area (TPSA) is 41.6 Å². The van der Waals surface area contributed by atoms with Crippen molar-refractivity contribution >= 4 is 0 Å². The molecular weight excluding hydrogens is 174 g/mol. The minimum Gasteiger partial charge on any atom is -0.268 e. The number of nitrogens with zero attached hydrogens (tertiary/aromatic N) is 3. The van der Waals surface area contributed by atoms with Crippen LogP contribution in [0.25, 0.3) is 0 Å². The molecule has 2 aromatic rings. The summed E-state index contributed by atoms with van der Waals surface area (Å²) in [7, 11) is 0. The van der Waals surface area contributed by atoms with E-state index in [4.69, 9.17) is 5.26 Å². The maximum atomic E-state index is 8.86. The van der Waals surface area contributed by atoms with Gasteiger partial charge in [-0.1, -0.05) is 18.2 Å². The largest absolute Gasteiger partial charge is 0.268 e. The summed E-state index contributed by atoms with van der Waals surface area (Å²) in [5.41, 5.74) is 1.68. The van der Waals surface area contributed by atoms with E-state index in [1.54, 1.807) is 17.1 Å². The van der Waals surface area contributed by atoms with Crippen LogP contribution in [0.3, 0.4) is 0 Å². The van der Waals surface area contributed by atoms with E-state index in [-0.39, 0.29) is 0 Å². The number of aromatic nitrogens is 2. The van der Waals surface area contributed by atoms with E-state index in [1.807, 2.05) is 24.3 Å². The Morgan fingerprint density at radius 1 is 1.43 bits per heavy atom. The van der Waals surface area contributed by atoms with Gasteiger partial charge < -0.3 is 0 Å². The smallest absolute Gasteiger partial charge is 0.0995 e. The van der Waals surface area contributed by atoms with Gasteiger partial charge in [0.05, 0.1) is 24.4 Å². The normalized spacial score (nSPS) is 9.64. The van der Waals surface area contributed by atoms with Crippen molar-refractivity contribution in [1.82, 2.24) is 9.78 Å². The molecule has 2 rings (SSSR count). The molecule has 67 valence electrons. The van der Waals surface area contributed by atoms with Crippen LogP contribution in [0.15, 0.2) is 36.7 Å². The molecule has 0 N–H and O–H groups in total. The molecule has 0 amide bonds. The van der Waals surface area contributed by atoms with Crippen molar-refractivity contribution in [2.75, 3.05) is 0 Å². The van der Waals surface area contributed by atoms with Crippen LogP contribution < -0.4 is 0 Å². The van der Waals surface area contributed by atoms with E-state index in [1.165, 1.54) is 0 Å². The van der Waals surface area contributed by atoms with Crippen LogP contribution in [0, 0.1) is 17.4 Å². The quantitative estimate of drug-likeness (QED) is 0.707. The first-order valence-electron chi connectivity index (χ1n) is 4.26. The summed E-state index contributed by atoms with van der Waals surface area (Å²) in [6.45, 7) is 0.618. The molecule has 1 aromatic carbocycles. The second-order valence-corrected chi connectivity index (χ2v) is 2.91. The van der Waals surface area contributed by atoms with Gasteiger partial charge in [0, 0.05) is 12.3 Å². The van der Waals surface area contributed by atoms with Crippen molar-refractivity contribution in [2.24, 2.45) is 0 Å².